The highest BCUT2D eigenvalue weighted by Gasteiger charge is 2.33. The van der Waals surface area contributed by atoms with Gasteiger partial charge in [-0.25, -0.2) is 9.97 Å². The summed E-state index contributed by atoms with van der Waals surface area (Å²) >= 11 is 0. The van der Waals surface area contributed by atoms with Gasteiger partial charge in [0.25, 0.3) is 0 Å². The van der Waals surface area contributed by atoms with E-state index in [9.17, 15) is 0 Å². The van der Waals surface area contributed by atoms with Gasteiger partial charge in [-0.2, -0.15) is 0 Å². The van der Waals surface area contributed by atoms with Gasteiger partial charge in [-0.15, -0.1) is 0 Å². The molecule has 0 bridgehead atoms. The number of nitrogens with one attached hydrogen (secondary N) is 1. The number of nitrogens with zero attached hydrogens (tertiary/aromatic N) is 3. The first-order valence-corrected chi connectivity index (χ1v) is 12.9. The summed E-state index contributed by atoms with van der Waals surface area (Å²) in [6.07, 6.45) is 5.54. The van der Waals surface area contributed by atoms with Crippen LogP contribution in [0.25, 0.3) is 11.1 Å². The van der Waals surface area contributed by atoms with E-state index >= 15 is 0 Å². The molecule has 0 radical (unpaired) electrons. The second-order valence-corrected chi connectivity index (χ2v) is 9.10. The molecule has 4 nitrogen and oxygen atoms in total. The van der Waals surface area contributed by atoms with Crippen molar-refractivity contribution in [1.29, 1.82) is 0 Å². The molecule has 0 fully saturated rings. The molecule has 0 saturated carbocycles. The molecular formula is C33H32N4. The molecule has 0 unspecified atom stereocenters. The first kappa shape index (κ1) is 24.3. The summed E-state index contributed by atoms with van der Waals surface area (Å²) < 4.78 is 0. The number of para-hydroxylation sites is 3. The Hall–Kier alpha value is -4.44. The van der Waals surface area contributed by atoms with E-state index in [1.165, 1.54) is 5.56 Å². The number of rotatable bonds is 9. The highest BCUT2D eigenvalue weighted by Crippen LogP contribution is 2.43. The molecule has 1 aromatic heterocycles. The van der Waals surface area contributed by atoms with Gasteiger partial charge in [-0.1, -0.05) is 98.8 Å². The van der Waals surface area contributed by atoms with Gasteiger partial charge in [0.1, 0.15) is 0 Å². The minimum absolute atomic E-state index is 0.354. The van der Waals surface area contributed by atoms with E-state index in [1.54, 1.807) is 0 Å². The van der Waals surface area contributed by atoms with Crippen molar-refractivity contribution in [2.24, 2.45) is 0 Å². The molecule has 0 spiro atoms. The van der Waals surface area contributed by atoms with Crippen LogP contribution >= 0.6 is 0 Å². The monoisotopic (exact) mass is 484 g/mol. The van der Waals surface area contributed by atoms with Crippen molar-refractivity contribution in [3.05, 3.63) is 133 Å². The maximum absolute atomic E-state index is 4.72. The van der Waals surface area contributed by atoms with E-state index in [1.807, 2.05) is 30.6 Å². The topological polar surface area (TPSA) is 41.1 Å². The predicted octanol–water partition coefficient (Wildman–Crippen LogP) is 8.74. The van der Waals surface area contributed by atoms with Crippen LogP contribution in [0.3, 0.4) is 0 Å². The lowest BCUT2D eigenvalue weighted by Gasteiger charge is -2.38. The fraction of sp³-hybridized carbons (Fsp3) is 0.152. The summed E-state index contributed by atoms with van der Waals surface area (Å²) in [4.78, 5) is 11.8. The van der Waals surface area contributed by atoms with Crippen LogP contribution in [-0.2, 0) is 5.54 Å². The lowest BCUT2D eigenvalue weighted by Crippen LogP contribution is -2.36. The first-order chi connectivity index (χ1) is 18.2. The highest BCUT2D eigenvalue weighted by atomic mass is 15.2. The molecule has 0 atom stereocenters. The zero-order valence-electron chi connectivity index (χ0n) is 21.4. The first-order valence-electron chi connectivity index (χ1n) is 12.9. The molecule has 0 amide bonds. The van der Waals surface area contributed by atoms with E-state index in [2.05, 4.69) is 121 Å². The molecule has 0 aliphatic heterocycles. The van der Waals surface area contributed by atoms with Gasteiger partial charge in [0.2, 0.25) is 5.95 Å². The van der Waals surface area contributed by atoms with Crippen molar-refractivity contribution in [3.63, 3.8) is 0 Å². The Bertz CT molecular complexity index is 1360. The summed E-state index contributed by atoms with van der Waals surface area (Å²) in [7, 11) is 0. The van der Waals surface area contributed by atoms with Crippen LogP contribution in [0, 0.1) is 0 Å². The van der Waals surface area contributed by atoms with Crippen molar-refractivity contribution >= 4 is 23.0 Å². The fourth-order valence-corrected chi connectivity index (χ4v) is 4.92. The second kappa shape index (κ2) is 11.1. The van der Waals surface area contributed by atoms with Crippen LogP contribution in [0.2, 0.25) is 0 Å². The average Bonchev–Trinajstić information content (AvgIpc) is 2.98. The Morgan fingerprint density at radius 2 is 1.08 bits per heavy atom. The normalized spacial score (nSPS) is 11.2. The van der Waals surface area contributed by atoms with E-state index in [4.69, 9.17) is 9.97 Å². The van der Waals surface area contributed by atoms with Crippen molar-refractivity contribution in [3.8, 4) is 11.1 Å². The van der Waals surface area contributed by atoms with Gasteiger partial charge < -0.3 is 10.2 Å². The maximum atomic E-state index is 4.72. The van der Waals surface area contributed by atoms with Gasteiger partial charge in [0.05, 0.1) is 11.2 Å². The second-order valence-electron chi connectivity index (χ2n) is 9.10. The minimum Gasteiger partial charge on any atom is -0.345 e. The summed E-state index contributed by atoms with van der Waals surface area (Å²) in [5.74, 6) is 0.629. The quantitative estimate of drug-likeness (QED) is 0.227. The highest BCUT2D eigenvalue weighted by molar-refractivity contribution is 5.79. The van der Waals surface area contributed by atoms with Gasteiger partial charge in [0, 0.05) is 34.9 Å². The van der Waals surface area contributed by atoms with Crippen molar-refractivity contribution in [2.45, 2.75) is 32.2 Å². The number of anilines is 4. The van der Waals surface area contributed by atoms with Gasteiger partial charge >= 0.3 is 0 Å². The molecule has 1 heterocycles. The summed E-state index contributed by atoms with van der Waals surface area (Å²) in [6.45, 7) is 4.45. The van der Waals surface area contributed by atoms with Crippen LogP contribution in [0.1, 0.15) is 32.3 Å². The van der Waals surface area contributed by atoms with Crippen LogP contribution in [0.15, 0.2) is 128 Å². The third-order valence-corrected chi connectivity index (χ3v) is 7.01. The number of hydrogen-bond donors (Lipinski definition) is 1. The summed E-state index contributed by atoms with van der Waals surface area (Å²) in [5, 5.41) is 3.74. The molecule has 1 N–H and O–H groups in total. The molecule has 4 aromatic carbocycles. The fourth-order valence-electron chi connectivity index (χ4n) is 4.92. The van der Waals surface area contributed by atoms with Crippen molar-refractivity contribution < 1.29 is 0 Å². The smallest absolute Gasteiger partial charge is 0.223 e. The lowest BCUT2D eigenvalue weighted by molar-refractivity contribution is 0.451. The van der Waals surface area contributed by atoms with Crippen LogP contribution in [0.5, 0.6) is 0 Å². The van der Waals surface area contributed by atoms with Crippen LogP contribution < -0.4 is 10.2 Å². The standard InChI is InChI=1S/C33H32N4/c1-3-33(4-2,36-32-34-24-27(25-35-32)26-16-8-5-9-17-26)30-22-14-15-23-31(30)37(28-18-10-6-11-19-28)29-20-12-7-13-21-29/h5-25H,3-4H2,1-2H3,(H,34,35,36). The Balaban J connectivity index is 1.57. The molecule has 184 valence electrons. The zero-order valence-corrected chi connectivity index (χ0v) is 21.4. The number of hydrogen-bond acceptors (Lipinski definition) is 4. The number of benzene rings is 4. The predicted molar refractivity (Wildman–Crippen MR) is 154 cm³/mol. The van der Waals surface area contributed by atoms with Crippen molar-refractivity contribution in [1.82, 2.24) is 9.97 Å². The zero-order chi connectivity index (χ0) is 25.5. The van der Waals surface area contributed by atoms with E-state index < -0.39 is 0 Å². The lowest BCUT2D eigenvalue weighted by atomic mass is 9.83. The summed E-state index contributed by atoms with van der Waals surface area (Å²) in [5.41, 5.74) is 6.34. The van der Waals surface area contributed by atoms with E-state index in [0.717, 1.165) is 41.0 Å². The molecule has 5 aromatic rings. The molecule has 37 heavy (non-hydrogen) atoms. The van der Waals surface area contributed by atoms with E-state index in [-0.39, 0.29) is 5.54 Å². The van der Waals surface area contributed by atoms with E-state index in [0.29, 0.717) is 5.95 Å². The van der Waals surface area contributed by atoms with Crippen LogP contribution in [-0.4, -0.2) is 9.97 Å². The van der Waals surface area contributed by atoms with Gasteiger partial charge in [0.15, 0.2) is 0 Å². The van der Waals surface area contributed by atoms with Gasteiger partial charge in [-0.3, -0.25) is 0 Å². The summed E-state index contributed by atoms with van der Waals surface area (Å²) in [6, 6.07) is 40.0. The van der Waals surface area contributed by atoms with Gasteiger partial charge in [-0.05, 0) is 48.7 Å². The third-order valence-electron chi connectivity index (χ3n) is 7.01. The Labute approximate surface area is 219 Å². The minimum atomic E-state index is -0.354. The van der Waals surface area contributed by atoms with Crippen LogP contribution in [0.4, 0.5) is 23.0 Å². The number of aromatic nitrogens is 2. The average molecular weight is 485 g/mol. The maximum Gasteiger partial charge on any atom is 0.223 e. The largest absolute Gasteiger partial charge is 0.345 e. The molecule has 0 saturated heterocycles. The Morgan fingerprint density at radius 1 is 0.595 bits per heavy atom. The molecule has 5 rings (SSSR count). The third kappa shape index (κ3) is 5.10. The molecule has 0 aliphatic carbocycles. The molecular weight excluding hydrogens is 452 g/mol. The Kier molecular flexibility index (Phi) is 7.27. The Morgan fingerprint density at radius 3 is 1.62 bits per heavy atom. The van der Waals surface area contributed by atoms with Crippen molar-refractivity contribution in [2.75, 3.05) is 10.2 Å². The SMILES string of the molecule is CCC(CC)(Nc1ncc(-c2ccccc2)cn1)c1ccccc1N(c1ccccc1)c1ccccc1. The molecule has 0 aliphatic rings. The molecule has 4 heteroatoms.